The van der Waals surface area contributed by atoms with E-state index in [0.29, 0.717) is 6.10 Å². The molecule has 1 heterocycles. The number of anilines is 1. The Bertz CT molecular complexity index is 1630. The number of fused-ring (bicyclic) bond motifs is 11. The van der Waals surface area contributed by atoms with Crippen LogP contribution in [-0.4, -0.2) is 19.3 Å². The van der Waals surface area contributed by atoms with Crippen molar-refractivity contribution in [1.29, 1.82) is 0 Å². The predicted octanol–water partition coefficient (Wildman–Crippen LogP) is 7.26. The molecule has 1 unspecified atom stereocenters. The molecule has 7 rings (SSSR count). The molecule has 6 aromatic carbocycles. The van der Waals surface area contributed by atoms with Crippen molar-refractivity contribution < 1.29 is 4.74 Å². The number of hydrogen-bond donors (Lipinski definition) is 1. The van der Waals surface area contributed by atoms with Crippen LogP contribution >= 0.6 is 0 Å². The summed E-state index contributed by atoms with van der Waals surface area (Å²) in [5.74, 6) is 0. The number of epoxide rings is 1. The summed E-state index contributed by atoms with van der Waals surface area (Å²) in [4.78, 5) is 0. The van der Waals surface area contributed by atoms with Crippen molar-refractivity contribution in [3.05, 3.63) is 91.0 Å². The Balaban J connectivity index is 1.79. The number of ether oxygens (including phenoxy) is 1. The van der Waals surface area contributed by atoms with Gasteiger partial charge in [-0.1, -0.05) is 84.9 Å². The molecule has 1 fully saturated rings. The molecule has 0 bridgehead atoms. The van der Waals surface area contributed by atoms with Crippen LogP contribution in [-0.2, 0) is 4.74 Å². The van der Waals surface area contributed by atoms with Crippen LogP contribution in [0.5, 0.6) is 0 Å². The van der Waals surface area contributed by atoms with Gasteiger partial charge in [-0.25, -0.2) is 0 Å². The first-order valence-electron chi connectivity index (χ1n) is 10.9. The van der Waals surface area contributed by atoms with E-state index >= 15 is 0 Å². The quantitative estimate of drug-likeness (QED) is 0.250. The molecule has 148 valence electrons. The lowest BCUT2D eigenvalue weighted by molar-refractivity contribution is 0.417. The van der Waals surface area contributed by atoms with Crippen molar-refractivity contribution in [2.24, 2.45) is 0 Å². The summed E-state index contributed by atoms with van der Waals surface area (Å²) in [6.45, 7) is 1.70. The van der Waals surface area contributed by atoms with Gasteiger partial charge in [0.2, 0.25) is 0 Å². The largest absolute Gasteiger partial charge is 0.382 e. The number of nitrogens with one attached hydrogen (secondary N) is 1. The topological polar surface area (TPSA) is 24.6 Å². The molecule has 1 atom stereocenters. The third-order valence-electron chi connectivity index (χ3n) is 6.66. The highest BCUT2D eigenvalue weighted by atomic mass is 16.6. The van der Waals surface area contributed by atoms with Gasteiger partial charge in [0.1, 0.15) is 0 Å². The van der Waals surface area contributed by atoms with E-state index in [1.807, 2.05) is 0 Å². The van der Waals surface area contributed by atoms with Crippen molar-refractivity contribution in [1.82, 2.24) is 0 Å². The molecule has 0 spiro atoms. The van der Waals surface area contributed by atoms with Crippen LogP contribution in [0.3, 0.4) is 0 Å². The number of hydrogen-bond acceptors (Lipinski definition) is 2. The second-order valence-corrected chi connectivity index (χ2v) is 8.45. The van der Waals surface area contributed by atoms with E-state index in [1.165, 1.54) is 59.5 Å². The van der Waals surface area contributed by atoms with Crippen molar-refractivity contribution >= 4 is 59.5 Å². The monoisotopic (exact) mass is 399 g/mol. The molecule has 1 aliphatic rings. The lowest BCUT2D eigenvalue weighted by atomic mass is 9.87. The SMILES string of the molecule is c1ccc2c(c1)c1ccccc1c1c3c(NCC4CO4)cccc3c3ccccc3c21. The van der Waals surface area contributed by atoms with E-state index in [2.05, 4.69) is 96.3 Å². The van der Waals surface area contributed by atoms with Gasteiger partial charge in [-0.2, -0.15) is 0 Å². The van der Waals surface area contributed by atoms with E-state index in [1.54, 1.807) is 0 Å². The fourth-order valence-electron chi connectivity index (χ4n) is 5.22. The zero-order valence-electron chi connectivity index (χ0n) is 17.1. The molecule has 0 radical (unpaired) electrons. The average molecular weight is 399 g/mol. The maximum Gasteiger partial charge on any atom is 0.0981 e. The Labute approximate surface area is 180 Å². The molecule has 2 nitrogen and oxygen atoms in total. The molecule has 0 aromatic heterocycles. The lowest BCUT2D eigenvalue weighted by Crippen LogP contribution is -2.08. The summed E-state index contributed by atoms with van der Waals surface area (Å²) >= 11 is 0. The predicted molar refractivity (Wildman–Crippen MR) is 132 cm³/mol. The maximum absolute atomic E-state index is 5.47. The Hall–Kier alpha value is -3.62. The fourth-order valence-corrected chi connectivity index (χ4v) is 5.22. The molecule has 0 aliphatic carbocycles. The van der Waals surface area contributed by atoms with E-state index in [9.17, 15) is 0 Å². The molecule has 1 N–H and O–H groups in total. The standard InChI is InChI=1S/C29H21NO/c1-4-11-22-19(8-1)20-9-2-6-13-25(20)29-27(22)23-12-5-3-10-21(23)24-14-7-15-26(28(24)29)30-16-18-17-31-18/h1-15,18,30H,16-17H2. The lowest BCUT2D eigenvalue weighted by Gasteiger charge is -2.18. The maximum atomic E-state index is 5.47. The Morgan fingerprint density at radius 3 is 1.58 bits per heavy atom. The highest BCUT2D eigenvalue weighted by molar-refractivity contribution is 6.40. The molecule has 6 aromatic rings. The zero-order valence-corrected chi connectivity index (χ0v) is 17.1. The summed E-state index contributed by atoms with van der Waals surface area (Å²) in [6.07, 6.45) is 0.333. The van der Waals surface area contributed by atoms with E-state index in [-0.39, 0.29) is 0 Å². The van der Waals surface area contributed by atoms with E-state index in [4.69, 9.17) is 4.74 Å². The first-order valence-corrected chi connectivity index (χ1v) is 10.9. The number of benzene rings is 6. The van der Waals surface area contributed by atoms with Crippen LogP contribution in [0.2, 0.25) is 0 Å². The minimum absolute atomic E-state index is 0.333. The van der Waals surface area contributed by atoms with Crippen LogP contribution in [0.1, 0.15) is 0 Å². The van der Waals surface area contributed by atoms with Gasteiger partial charge in [-0.15, -0.1) is 0 Å². The Morgan fingerprint density at radius 2 is 1.00 bits per heavy atom. The van der Waals surface area contributed by atoms with Crippen molar-refractivity contribution in [2.45, 2.75) is 6.10 Å². The second kappa shape index (κ2) is 6.44. The minimum atomic E-state index is 0.333. The van der Waals surface area contributed by atoms with Gasteiger partial charge >= 0.3 is 0 Å². The molecular weight excluding hydrogens is 378 g/mol. The summed E-state index contributed by atoms with van der Waals surface area (Å²) in [5.41, 5.74) is 1.18. The molecule has 31 heavy (non-hydrogen) atoms. The van der Waals surface area contributed by atoms with Crippen LogP contribution in [0, 0.1) is 0 Å². The van der Waals surface area contributed by atoms with Gasteiger partial charge < -0.3 is 10.1 Å². The van der Waals surface area contributed by atoms with Gasteiger partial charge in [-0.05, 0) is 49.2 Å². The van der Waals surface area contributed by atoms with Crippen molar-refractivity contribution in [2.75, 3.05) is 18.5 Å². The molecule has 2 heteroatoms. The summed E-state index contributed by atoms with van der Waals surface area (Å²) in [6, 6.07) is 33.1. The number of rotatable bonds is 3. The molecule has 0 saturated carbocycles. The summed E-state index contributed by atoms with van der Waals surface area (Å²) in [5, 5.41) is 16.8. The van der Waals surface area contributed by atoms with E-state index in [0.717, 1.165) is 13.2 Å². The normalized spacial score (nSPS) is 15.9. The van der Waals surface area contributed by atoms with Crippen molar-refractivity contribution in [3.8, 4) is 0 Å². The van der Waals surface area contributed by atoms with Gasteiger partial charge in [0.25, 0.3) is 0 Å². The summed E-state index contributed by atoms with van der Waals surface area (Å²) < 4.78 is 5.47. The molecule has 0 amide bonds. The third-order valence-corrected chi connectivity index (χ3v) is 6.66. The highest BCUT2D eigenvalue weighted by Crippen LogP contribution is 2.45. The van der Waals surface area contributed by atoms with Crippen LogP contribution in [0.25, 0.3) is 53.9 Å². The summed E-state index contributed by atoms with van der Waals surface area (Å²) in [7, 11) is 0. The van der Waals surface area contributed by atoms with E-state index < -0.39 is 0 Å². The second-order valence-electron chi connectivity index (χ2n) is 8.45. The molecule has 1 saturated heterocycles. The van der Waals surface area contributed by atoms with Gasteiger partial charge in [0.15, 0.2) is 0 Å². The van der Waals surface area contributed by atoms with Crippen LogP contribution in [0.4, 0.5) is 5.69 Å². The van der Waals surface area contributed by atoms with Crippen molar-refractivity contribution in [3.63, 3.8) is 0 Å². The van der Waals surface area contributed by atoms with Gasteiger partial charge in [0, 0.05) is 23.0 Å². The van der Waals surface area contributed by atoms with Gasteiger partial charge in [0.05, 0.1) is 12.7 Å². The smallest absolute Gasteiger partial charge is 0.0981 e. The minimum Gasteiger partial charge on any atom is -0.382 e. The molecule has 1 aliphatic heterocycles. The zero-order chi connectivity index (χ0) is 20.4. The first kappa shape index (κ1) is 17.1. The first-order chi connectivity index (χ1) is 15.4. The fraction of sp³-hybridized carbons (Fsp3) is 0.103. The van der Waals surface area contributed by atoms with Crippen LogP contribution < -0.4 is 5.32 Å². The van der Waals surface area contributed by atoms with Crippen LogP contribution in [0.15, 0.2) is 91.0 Å². The Kier molecular flexibility index (Phi) is 3.55. The Morgan fingerprint density at radius 1 is 0.548 bits per heavy atom. The average Bonchev–Trinajstić information content (AvgIpc) is 3.67. The highest BCUT2D eigenvalue weighted by Gasteiger charge is 2.23. The van der Waals surface area contributed by atoms with Gasteiger partial charge in [-0.3, -0.25) is 0 Å². The molecular formula is C29H21NO. The third kappa shape index (κ3) is 2.49.